The maximum absolute atomic E-state index is 12.2. The average Bonchev–Trinajstić information content (AvgIpc) is 2.61. The summed E-state index contributed by atoms with van der Waals surface area (Å²) >= 11 is 0. The molecule has 0 aliphatic rings. The zero-order valence-corrected chi connectivity index (χ0v) is 14.2. The minimum absolute atomic E-state index is 0.330. The number of esters is 1. The van der Waals surface area contributed by atoms with Crippen LogP contribution in [-0.2, 0) is 16.0 Å². The van der Waals surface area contributed by atoms with Crippen LogP contribution in [0.1, 0.15) is 25.8 Å². The van der Waals surface area contributed by atoms with Gasteiger partial charge >= 0.3 is 5.97 Å². The van der Waals surface area contributed by atoms with Crippen molar-refractivity contribution in [2.45, 2.75) is 32.8 Å². The Morgan fingerprint density at radius 1 is 0.917 bits per heavy atom. The maximum atomic E-state index is 12.2. The van der Waals surface area contributed by atoms with Crippen molar-refractivity contribution in [3.05, 3.63) is 60.2 Å². The van der Waals surface area contributed by atoms with Crippen molar-refractivity contribution in [1.82, 2.24) is 0 Å². The van der Waals surface area contributed by atoms with Crippen molar-refractivity contribution >= 4 is 5.97 Å². The number of benzene rings is 2. The fourth-order valence-corrected chi connectivity index (χ4v) is 2.38. The fourth-order valence-electron chi connectivity index (χ4n) is 2.38. The highest BCUT2D eigenvalue weighted by Gasteiger charge is 2.23. The first kappa shape index (κ1) is 17.9. The normalized spacial score (nSPS) is 11.6. The number of hydrogen-bond donors (Lipinski definition) is 0. The number of carbonyl (C=O) groups is 1. The minimum atomic E-state index is -0.660. The summed E-state index contributed by atoms with van der Waals surface area (Å²) in [6, 6.07) is 17.4. The predicted molar refractivity (Wildman–Crippen MR) is 93.4 cm³/mol. The minimum Gasteiger partial charge on any atom is -0.490 e. The van der Waals surface area contributed by atoms with Crippen LogP contribution in [0.15, 0.2) is 54.6 Å². The van der Waals surface area contributed by atoms with Gasteiger partial charge in [0.2, 0.25) is 0 Å². The average molecular weight is 328 g/mol. The second-order valence-electron chi connectivity index (χ2n) is 5.26. The van der Waals surface area contributed by atoms with Crippen LogP contribution in [-0.4, -0.2) is 25.3 Å². The van der Waals surface area contributed by atoms with E-state index in [2.05, 4.69) is 0 Å². The molecule has 2 rings (SSSR count). The molecule has 4 heteroatoms. The van der Waals surface area contributed by atoms with E-state index in [1.807, 2.05) is 55.5 Å². The molecule has 0 spiro atoms. The molecule has 0 aromatic heterocycles. The van der Waals surface area contributed by atoms with E-state index in [1.165, 1.54) is 0 Å². The van der Waals surface area contributed by atoms with E-state index in [0.29, 0.717) is 31.1 Å². The molecule has 128 valence electrons. The van der Waals surface area contributed by atoms with Crippen molar-refractivity contribution in [3.8, 4) is 11.5 Å². The topological polar surface area (TPSA) is 44.8 Å². The van der Waals surface area contributed by atoms with Gasteiger partial charge in [-0.25, -0.2) is 4.79 Å². The lowest BCUT2D eigenvalue weighted by molar-refractivity contribution is -0.151. The summed E-state index contributed by atoms with van der Waals surface area (Å²) in [7, 11) is 0. The Bertz CT molecular complexity index is 625. The summed E-state index contributed by atoms with van der Waals surface area (Å²) in [5, 5.41) is 0. The lowest BCUT2D eigenvalue weighted by Crippen LogP contribution is -2.30. The van der Waals surface area contributed by atoms with Crippen LogP contribution < -0.4 is 9.47 Å². The third-order valence-corrected chi connectivity index (χ3v) is 3.51. The first-order chi connectivity index (χ1) is 11.7. The van der Waals surface area contributed by atoms with Gasteiger partial charge in [0.25, 0.3) is 0 Å². The molecule has 0 heterocycles. The van der Waals surface area contributed by atoms with E-state index < -0.39 is 6.10 Å². The van der Waals surface area contributed by atoms with Crippen molar-refractivity contribution in [2.24, 2.45) is 0 Å². The fraction of sp³-hybridized carbons (Fsp3) is 0.350. The summed E-state index contributed by atoms with van der Waals surface area (Å²) in [4.78, 5) is 12.2. The molecule has 0 aliphatic carbocycles. The molecule has 0 bridgehead atoms. The highest BCUT2D eigenvalue weighted by Crippen LogP contribution is 2.28. The Morgan fingerprint density at radius 2 is 1.58 bits per heavy atom. The molecule has 0 N–H and O–H groups in total. The molecule has 2 aromatic rings. The monoisotopic (exact) mass is 328 g/mol. The van der Waals surface area contributed by atoms with Crippen LogP contribution >= 0.6 is 0 Å². The van der Waals surface area contributed by atoms with Gasteiger partial charge in [-0.2, -0.15) is 0 Å². The van der Waals surface area contributed by atoms with Gasteiger partial charge in [0.1, 0.15) is 0 Å². The summed E-state index contributed by atoms with van der Waals surface area (Å²) in [5.74, 6) is 0.846. The Morgan fingerprint density at radius 3 is 2.25 bits per heavy atom. The van der Waals surface area contributed by atoms with E-state index in [9.17, 15) is 4.79 Å². The van der Waals surface area contributed by atoms with E-state index in [1.54, 1.807) is 13.0 Å². The smallest absolute Gasteiger partial charge is 0.347 e. The Kier molecular flexibility index (Phi) is 7.15. The van der Waals surface area contributed by atoms with Gasteiger partial charge in [0.15, 0.2) is 17.6 Å². The summed E-state index contributed by atoms with van der Waals surface area (Å²) in [6.07, 6.45) is 0.622. The van der Waals surface area contributed by atoms with Gasteiger partial charge in [-0.3, -0.25) is 0 Å². The summed E-state index contributed by atoms with van der Waals surface area (Å²) < 4.78 is 16.7. The number of rotatable bonds is 9. The first-order valence-electron chi connectivity index (χ1n) is 8.33. The molecule has 0 saturated carbocycles. The van der Waals surface area contributed by atoms with E-state index in [-0.39, 0.29) is 5.97 Å². The third-order valence-electron chi connectivity index (χ3n) is 3.51. The van der Waals surface area contributed by atoms with Crippen molar-refractivity contribution in [1.29, 1.82) is 0 Å². The van der Waals surface area contributed by atoms with Crippen molar-refractivity contribution < 1.29 is 19.0 Å². The van der Waals surface area contributed by atoms with Gasteiger partial charge in [0, 0.05) is 0 Å². The van der Waals surface area contributed by atoms with Crippen LogP contribution in [0.3, 0.4) is 0 Å². The van der Waals surface area contributed by atoms with Crippen LogP contribution in [0.2, 0.25) is 0 Å². The molecule has 0 saturated heterocycles. The molecule has 1 atom stereocenters. The van der Waals surface area contributed by atoms with Crippen LogP contribution in [0.25, 0.3) is 0 Å². The Labute approximate surface area is 143 Å². The molecule has 24 heavy (non-hydrogen) atoms. The molecule has 0 amide bonds. The molecular weight excluding hydrogens is 304 g/mol. The number of ether oxygens (including phenoxy) is 3. The van der Waals surface area contributed by atoms with E-state index >= 15 is 0 Å². The first-order valence-corrected chi connectivity index (χ1v) is 8.33. The van der Waals surface area contributed by atoms with Gasteiger partial charge < -0.3 is 14.2 Å². The molecule has 0 aliphatic heterocycles. The van der Waals surface area contributed by atoms with E-state index in [4.69, 9.17) is 14.2 Å². The second-order valence-corrected chi connectivity index (χ2v) is 5.26. The van der Waals surface area contributed by atoms with Crippen molar-refractivity contribution in [2.75, 3.05) is 13.2 Å². The molecule has 0 fully saturated rings. The molecular formula is C20H24O4. The lowest BCUT2D eigenvalue weighted by Gasteiger charge is -2.19. The number of carbonyl (C=O) groups excluding carboxylic acids is 1. The van der Waals surface area contributed by atoms with Gasteiger partial charge in [-0.15, -0.1) is 0 Å². The van der Waals surface area contributed by atoms with Gasteiger partial charge in [-0.1, -0.05) is 42.5 Å². The van der Waals surface area contributed by atoms with Gasteiger partial charge in [0.05, 0.1) is 13.2 Å². The third kappa shape index (κ3) is 5.30. The van der Waals surface area contributed by atoms with Crippen LogP contribution in [0.5, 0.6) is 11.5 Å². The van der Waals surface area contributed by atoms with Gasteiger partial charge in [-0.05, 0) is 44.4 Å². The van der Waals surface area contributed by atoms with Crippen LogP contribution in [0, 0.1) is 0 Å². The summed E-state index contributed by atoms with van der Waals surface area (Å²) in [6.45, 7) is 4.57. The predicted octanol–water partition coefficient (Wildman–Crippen LogP) is 4.03. The van der Waals surface area contributed by atoms with Crippen LogP contribution in [0.4, 0.5) is 0 Å². The standard InChI is InChI=1S/C20H24O4/c1-3-22-17-12-8-9-13-18(17)24-19(20(21)23-4-2)15-14-16-10-6-5-7-11-16/h5-13,19H,3-4,14-15H2,1-2H3. The lowest BCUT2D eigenvalue weighted by atomic mass is 10.1. The summed E-state index contributed by atoms with van der Waals surface area (Å²) in [5.41, 5.74) is 1.16. The Balaban J connectivity index is 2.10. The number of hydrogen-bond acceptors (Lipinski definition) is 4. The Hall–Kier alpha value is -2.49. The highest BCUT2D eigenvalue weighted by molar-refractivity contribution is 5.75. The zero-order valence-electron chi connectivity index (χ0n) is 14.2. The van der Waals surface area contributed by atoms with E-state index in [0.717, 1.165) is 12.0 Å². The molecule has 1 unspecified atom stereocenters. The largest absolute Gasteiger partial charge is 0.490 e. The highest BCUT2D eigenvalue weighted by atomic mass is 16.6. The second kappa shape index (κ2) is 9.60. The molecule has 2 aromatic carbocycles. The maximum Gasteiger partial charge on any atom is 0.347 e. The SMILES string of the molecule is CCOC(=O)C(CCc1ccccc1)Oc1ccccc1OCC. The molecule has 0 radical (unpaired) electrons. The quantitative estimate of drug-likeness (QED) is 0.652. The van der Waals surface area contributed by atoms with Crippen molar-refractivity contribution in [3.63, 3.8) is 0 Å². The number of aryl methyl sites for hydroxylation is 1. The molecule has 4 nitrogen and oxygen atoms in total. The number of para-hydroxylation sites is 2. The zero-order chi connectivity index (χ0) is 17.2.